The van der Waals surface area contributed by atoms with Gasteiger partial charge in [0.05, 0.1) is 21.3 Å². The molecule has 3 rings (SSSR count). The van der Waals surface area contributed by atoms with Gasteiger partial charge in [-0.3, -0.25) is 0 Å². The second-order valence-corrected chi connectivity index (χ2v) is 10.2. The molecule has 0 radical (unpaired) electrons. The maximum absolute atomic E-state index is 12.5. The summed E-state index contributed by atoms with van der Waals surface area (Å²) in [7, 11) is 1.40. The summed E-state index contributed by atoms with van der Waals surface area (Å²) in [6.07, 6.45) is 0. The van der Waals surface area contributed by atoms with E-state index in [2.05, 4.69) is 20.9 Å². The smallest absolute Gasteiger partial charge is 0.242 e. The normalized spacial score (nSPS) is 12.7. The van der Waals surface area contributed by atoms with Crippen molar-refractivity contribution >= 4 is 54.6 Å². The molecule has 0 atom stereocenters. The summed E-state index contributed by atoms with van der Waals surface area (Å²) in [5.74, 6) is 0. The summed E-state index contributed by atoms with van der Waals surface area (Å²) in [6, 6.07) is 12.4. The predicted octanol–water partition coefficient (Wildman–Crippen LogP) is 4.65. The number of hydrogen-bond acceptors (Lipinski definition) is 4. The fraction of sp³-hybridized carbons (Fsp3) is 0.167. The van der Waals surface area contributed by atoms with Crippen LogP contribution < -0.4 is 4.80 Å². The van der Waals surface area contributed by atoms with Gasteiger partial charge >= 0.3 is 0 Å². The molecule has 5 nitrogen and oxygen atoms in total. The number of halogens is 2. The van der Waals surface area contributed by atoms with Crippen LogP contribution in [-0.4, -0.2) is 31.4 Å². The molecule has 0 amide bonds. The van der Waals surface area contributed by atoms with Gasteiger partial charge in [-0.2, -0.15) is 0 Å². The van der Waals surface area contributed by atoms with Crippen LogP contribution in [0.25, 0.3) is 11.3 Å². The molecule has 0 bridgehead atoms. The number of aromatic nitrogens is 1. The van der Waals surface area contributed by atoms with Crippen LogP contribution in [0.15, 0.2) is 62.2 Å². The lowest BCUT2D eigenvalue weighted by molar-refractivity contribution is 0.521. The molecule has 0 N–H and O–H groups in total. The molecule has 0 unspecified atom stereocenters. The maximum atomic E-state index is 12.5. The van der Waals surface area contributed by atoms with Crippen LogP contribution in [0.4, 0.5) is 5.69 Å². The molecule has 0 aliphatic rings. The number of nitrogens with zero attached hydrogens (tertiary/aromatic N) is 3. The molecular formula is C18H17BrClN3O2S2. The number of thiazole rings is 1. The van der Waals surface area contributed by atoms with E-state index in [4.69, 9.17) is 11.6 Å². The molecule has 0 aliphatic carbocycles. The lowest BCUT2D eigenvalue weighted by Gasteiger charge is -2.13. The van der Waals surface area contributed by atoms with Crippen molar-refractivity contribution in [3.63, 3.8) is 0 Å². The van der Waals surface area contributed by atoms with Crippen LogP contribution in [0, 0.1) is 0 Å². The summed E-state index contributed by atoms with van der Waals surface area (Å²) >= 11 is 11.2. The molecular weight excluding hydrogens is 470 g/mol. The molecule has 0 aliphatic heterocycles. The Kier molecular flexibility index (Phi) is 5.93. The first-order chi connectivity index (χ1) is 12.7. The van der Waals surface area contributed by atoms with Gasteiger partial charge in [0, 0.05) is 36.6 Å². The summed E-state index contributed by atoms with van der Waals surface area (Å²) in [5, 5.41) is 2.52. The highest BCUT2D eigenvalue weighted by atomic mass is 79.9. The SMILES string of the molecule is CN(C)S(=O)(=O)c1ccc(Br)c(-c2cs/c(=N/c3ccccc3Cl)n2C)c1. The molecule has 0 fully saturated rings. The van der Waals surface area contributed by atoms with Crippen molar-refractivity contribution in [1.29, 1.82) is 0 Å². The Bertz CT molecular complexity index is 1170. The highest BCUT2D eigenvalue weighted by molar-refractivity contribution is 9.10. The number of hydrogen-bond donors (Lipinski definition) is 0. The van der Waals surface area contributed by atoms with Gasteiger partial charge < -0.3 is 4.57 Å². The second-order valence-electron chi connectivity index (χ2n) is 5.95. The van der Waals surface area contributed by atoms with Crippen LogP contribution in [0.5, 0.6) is 0 Å². The average Bonchev–Trinajstić information content (AvgIpc) is 2.97. The van der Waals surface area contributed by atoms with Crippen molar-refractivity contribution in [3.05, 3.63) is 62.1 Å². The van der Waals surface area contributed by atoms with Gasteiger partial charge in [-0.15, -0.1) is 11.3 Å². The van der Waals surface area contributed by atoms with E-state index in [9.17, 15) is 8.42 Å². The summed E-state index contributed by atoms with van der Waals surface area (Å²) in [5.41, 5.74) is 2.32. The van der Waals surface area contributed by atoms with E-state index >= 15 is 0 Å². The van der Waals surface area contributed by atoms with E-state index in [1.807, 2.05) is 35.2 Å². The second kappa shape index (κ2) is 7.89. The lowest BCUT2D eigenvalue weighted by Crippen LogP contribution is -2.22. The number of sulfonamides is 1. The Labute approximate surface area is 175 Å². The minimum Gasteiger partial charge on any atom is -0.320 e. The summed E-state index contributed by atoms with van der Waals surface area (Å²) in [6.45, 7) is 0. The van der Waals surface area contributed by atoms with Crippen molar-refractivity contribution in [2.75, 3.05) is 14.1 Å². The quantitative estimate of drug-likeness (QED) is 0.539. The topological polar surface area (TPSA) is 54.7 Å². The predicted molar refractivity (Wildman–Crippen MR) is 114 cm³/mol. The number of benzene rings is 2. The van der Waals surface area contributed by atoms with Gasteiger partial charge in [-0.05, 0) is 30.3 Å². The number of rotatable bonds is 4. The standard InChI is InChI=1S/C18H17BrClN3O2S2/c1-22(2)27(24,25)12-8-9-14(19)13(10-12)17-11-26-18(23(17)3)21-16-7-5-4-6-15(16)20/h4-11H,1-3H3/b21-18+. The van der Waals surface area contributed by atoms with Crippen LogP contribution >= 0.6 is 38.9 Å². The molecule has 0 saturated heterocycles. The van der Waals surface area contributed by atoms with E-state index in [0.29, 0.717) is 10.7 Å². The highest BCUT2D eigenvalue weighted by Gasteiger charge is 2.20. The first-order valence-corrected chi connectivity index (χ1v) is 11.4. The highest BCUT2D eigenvalue weighted by Crippen LogP contribution is 2.31. The maximum Gasteiger partial charge on any atom is 0.242 e. The molecule has 0 saturated carbocycles. The largest absolute Gasteiger partial charge is 0.320 e. The van der Waals surface area contributed by atoms with E-state index < -0.39 is 10.0 Å². The van der Waals surface area contributed by atoms with Gasteiger partial charge in [0.25, 0.3) is 0 Å². The molecule has 2 aromatic carbocycles. The molecule has 1 aromatic heterocycles. The van der Waals surface area contributed by atoms with E-state index in [1.54, 1.807) is 24.3 Å². The Morgan fingerprint density at radius 2 is 1.89 bits per heavy atom. The van der Waals surface area contributed by atoms with Gasteiger partial charge in [-0.1, -0.05) is 39.7 Å². The van der Waals surface area contributed by atoms with Crippen molar-refractivity contribution in [2.45, 2.75) is 4.90 Å². The van der Waals surface area contributed by atoms with Crippen LogP contribution in [0.3, 0.4) is 0 Å². The summed E-state index contributed by atoms with van der Waals surface area (Å²) < 4.78 is 28.9. The minimum atomic E-state index is -3.52. The van der Waals surface area contributed by atoms with E-state index in [1.165, 1.54) is 29.7 Å². The van der Waals surface area contributed by atoms with Crippen molar-refractivity contribution in [2.24, 2.45) is 12.0 Å². The van der Waals surface area contributed by atoms with Gasteiger partial charge in [0.1, 0.15) is 0 Å². The van der Waals surface area contributed by atoms with Gasteiger partial charge in [0.15, 0.2) is 4.80 Å². The van der Waals surface area contributed by atoms with Crippen molar-refractivity contribution < 1.29 is 8.42 Å². The number of para-hydroxylation sites is 1. The average molecular weight is 487 g/mol. The lowest BCUT2D eigenvalue weighted by atomic mass is 10.2. The molecule has 3 aromatic rings. The third-order valence-corrected chi connectivity index (χ3v) is 7.72. The van der Waals surface area contributed by atoms with Crippen LogP contribution in [0.2, 0.25) is 5.02 Å². The van der Waals surface area contributed by atoms with Gasteiger partial charge in [-0.25, -0.2) is 17.7 Å². The molecule has 142 valence electrons. The zero-order valence-electron chi connectivity index (χ0n) is 14.8. The van der Waals surface area contributed by atoms with E-state index in [0.717, 1.165) is 20.5 Å². The van der Waals surface area contributed by atoms with Crippen molar-refractivity contribution in [1.82, 2.24) is 8.87 Å². The molecule has 0 spiro atoms. The summed E-state index contributed by atoms with van der Waals surface area (Å²) in [4.78, 5) is 5.62. The first kappa shape index (κ1) is 20.3. The Morgan fingerprint density at radius 1 is 1.19 bits per heavy atom. The Balaban J connectivity index is 2.14. The molecule has 9 heteroatoms. The van der Waals surface area contributed by atoms with Crippen LogP contribution in [0.1, 0.15) is 0 Å². The first-order valence-electron chi connectivity index (χ1n) is 7.88. The van der Waals surface area contributed by atoms with E-state index in [-0.39, 0.29) is 4.90 Å². The Hall–Kier alpha value is -1.45. The monoisotopic (exact) mass is 485 g/mol. The fourth-order valence-corrected chi connectivity index (χ4v) is 4.90. The van der Waals surface area contributed by atoms with Crippen molar-refractivity contribution in [3.8, 4) is 11.3 Å². The van der Waals surface area contributed by atoms with Gasteiger partial charge in [0.2, 0.25) is 10.0 Å². The zero-order chi connectivity index (χ0) is 19.8. The fourth-order valence-electron chi connectivity index (χ4n) is 2.43. The molecule has 1 heterocycles. The third kappa shape index (κ3) is 4.05. The molecule has 27 heavy (non-hydrogen) atoms. The zero-order valence-corrected chi connectivity index (χ0v) is 18.8. The Morgan fingerprint density at radius 3 is 2.56 bits per heavy atom. The minimum absolute atomic E-state index is 0.237. The third-order valence-electron chi connectivity index (χ3n) is 3.99. The van der Waals surface area contributed by atoms with Crippen LogP contribution in [-0.2, 0) is 17.1 Å².